The number of nitrogens with zero attached hydrogens (tertiary/aromatic N) is 1. The van der Waals surface area contributed by atoms with E-state index < -0.39 is 0 Å². The van der Waals surface area contributed by atoms with Crippen LogP contribution in [0.1, 0.15) is 31.2 Å². The maximum Gasteiger partial charge on any atom is 0.225 e. The van der Waals surface area contributed by atoms with Crippen molar-refractivity contribution in [3.05, 3.63) is 33.8 Å². The molecule has 3 nitrogen and oxygen atoms in total. The van der Waals surface area contributed by atoms with Crippen molar-refractivity contribution in [1.82, 2.24) is 4.90 Å². The minimum absolute atomic E-state index is 0.0951. The summed E-state index contributed by atoms with van der Waals surface area (Å²) in [5.41, 5.74) is 6.75. The van der Waals surface area contributed by atoms with Gasteiger partial charge in [-0.25, -0.2) is 0 Å². The number of carbonyl (C=O) groups is 1. The van der Waals surface area contributed by atoms with Crippen LogP contribution in [-0.2, 0) is 11.3 Å². The molecule has 0 saturated heterocycles. The first-order valence-corrected chi connectivity index (χ1v) is 7.68. The highest BCUT2D eigenvalue weighted by Crippen LogP contribution is 2.28. The molecule has 5 heteroatoms. The Morgan fingerprint density at radius 3 is 2.60 bits per heavy atom. The highest BCUT2D eigenvalue weighted by atomic mass is 35.5. The van der Waals surface area contributed by atoms with Crippen LogP contribution in [0.4, 0.5) is 0 Å². The van der Waals surface area contributed by atoms with Crippen LogP contribution < -0.4 is 5.73 Å². The molecule has 2 N–H and O–H groups in total. The second-order valence-corrected chi connectivity index (χ2v) is 6.30. The van der Waals surface area contributed by atoms with Gasteiger partial charge in [0.1, 0.15) is 0 Å². The fourth-order valence-electron chi connectivity index (χ4n) is 2.68. The third kappa shape index (κ3) is 3.66. The SMILES string of the molecule is CN(Cc1cccc(Cl)c1Cl)C(=O)C1CCC(N)CC1. The Labute approximate surface area is 130 Å². The van der Waals surface area contributed by atoms with Crippen LogP contribution in [0.25, 0.3) is 0 Å². The lowest BCUT2D eigenvalue weighted by atomic mass is 9.85. The van der Waals surface area contributed by atoms with Gasteiger partial charge in [-0.1, -0.05) is 35.3 Å². The first-order chi connectivity index (χ1) is 9.49. The molecule has 0 heterocycles. The molecule has 0 atom stereocenters. The van der Waals surface area contributed by atoms with Crippen molar-refractivity contribution < 1.29 is 4.79 Å². The largest absolute Gasteiger partial charge is 0.341 e. The quantitative estimate of drug-likeness (QED) is 0.928. The van der Waals surface area contributed by atoms with Crippen molar-refractivity contribution in [3.8, 4) is 0 Å². The van der Waals surface area contributed by atoms with Gasteiger partial charge >= 0.3 is 0 Å². The van der Waals surface area contributed by atoms with Crippen LogP contribution in [0, 0.1) is 5.92 Å². The summed E-state index contributed by atoms with van der Waals surface area (Å²) < 4.78 is 0. The molecule has 110 valence electrons. The van der Waals surface area contributed by atoms with Crippen molar-refractivity contribution in [2.75, 3.05) is 7.05 Å². The first-order valence-electron chi connectivity index (χ1n) is 6.92. The molecule has 1 fully saturated rings. The van der Waals surface area contributed by atoms with Gasteiger partial charge in [-0.2, -0.15) is 0 Å². The molecule has 0 unspecified atom stereocenters. The lowest BCUT2D eigenvalue weighted by Gasteiger charge is -2.29. The second kappa shape index (κ2) is 6.79. The Morgan fingerprint density at radius 2 is 1.95 bits per heavy atom. The van der Waals surface area contributed by atoms with Gasteiger partial charge in [0, 0.05) is 25.6 Å². The van der Waals surface area contributed by atoms with Crippen LogP contribution >= 0.6 is 23.2 Å². The minimum atomic E-state index is 0.0951. The van der Waals surface area contributed by atoms with Gasteiger partial charge in [0.2, 0.25) is 5.91 Å². The number of benzene rings is 1. The number of hydrogen-bond donors (Lipinski definition) is 1. The van der Waals surface area contributed by atoms with E-state index in [1.54, 1.807) is 11.0 Å². The van der Waals surface area contributed by atoms with Crippen LogP contribution in [0.3, 0.4) is 0 Å². The average molecular weight is 315 g/mol. The van der Waals surface area contributed by atoms with Gasteiger partial charge in [-0.15, -0.1) is 0 Å². The summed E-state index contributed by atoms with van der Waals surface area (Å²) in [4.78, 5) is 14.1. The van der Waals surface area contributed by atoms with Gasteiger partial charge in [0.25, 0.3) is 0 Å². The summed E-state index contributed by atoms with van der Waals surface area (Å²) in [6.45, 7) is 0.487. The maximum atomic E-state index is 12.4. The van der Waals surface area contributed by atoms with E-state index in [0.29, 0.717) is 16.6 Å². The molecule has 0 spiro atoms. The van der Waals surface area contributed by atoms with E-state index >= 15 is 0 Å². The van der Waals surface area contributed by atoms with Crippen LogP contribution in [-0.4, -0.2) is 23.9 Å². The fourth-order valence-corrected chi connectivity index (χ4v) is 3.06. The molecule has 20 heavy (non-hydrogen) atoms. The zero-order valence-electron chi connectivity index (χ0n) is 11.6. The molecule has 0 radical (unpaired) electrons. The summed E-state index contributed by atoms with van der Waals surface area (Å²) in [6.07, 6.45) is 3.63. The van der Waals surface area contributed by atoms with Crippen LogP contribution in [0.5, 0.6) is 0 Å². The van der Waals surface area contributed by atoms with Gasteiger partial charge in [0.05, 0.1) is 10.0 Å². The average Bonchev–Trinajstić information content (AvgIpc) is 2.44. The summed E-state index contributed by atoms with van der Waals surface area (Å²) in [7, 11) is 1.81. The molecule has 1 aliphatic carbocycles. The van der Waals surface area contributed by atoms with Crippen LogP contribution in [0.2, 0.25) is 10.0 Å². The third-order valence-corrected chi connectivity index (χ3v) is 4.79. The van der Waals surface area contributed by atoms with E-state index in [2.05, 4.69) is 0 Å². The van der Waals surface area contributed by atoms with Crippen molar-refractivity contribution in [2.24, 2.45) is 11.7 Å². The molecule has 0 aromatic heterocycles. The Morgan fingerprint density at radius 1 is 1.30 bits per heavy atom. The highest BCUT2D eigenvalue weighted by Gasteiger charge is 2.27. The Kier molecular flexibility index (Phi) is 5.30. The lowest BCUT2D eigenvalue weighted by Crippen LogP contribution is -2.37. The standard InChI is InChI=1S/C15H20Cl2N2O/c1-19(9-11-3-2-4-13(16)14(11)17)15(20)10-5-7-12(18)8-6-10/h2-4,10,12H,5-9,18H2,1H3. The third-order valence-electron chi connectivity index (χ3n) is 3.94. The second-order valence-electron chi connectivity index (χ2n) is 5.52. The number of amides is 1. The summed E-state index contributed by atoms with van der Waals surface area (Å²) in [6, 6.07) is 5.75. The van der Waals surface area contributed by atoms with E-state index in [1.165, 1.54) is 0 Å². The van der Waals surface area contributed by atoms with E-state index in [0.717, 1.165) is 31.2 Å². The first kappa shape index (κ1) is 15.6. The Balaban J connectivity index is 1.99. The van der Waals surface area contributed by atoms with Gasteiger partial charge < -0.3 is 10.6 Å². The molecule has 1 aliphatic rings. The normalized spacial score (nSPS) is 22.6. The van der Waals surface area contributed by atoms with E-state index in [-0.39, 0.29) is 17.9 Å². The molecular formula is C15H20Cl2N2O. The van der Waals surface area contributed by atoms with Crippen LogP contribution in [0.15, 0.2) is 18.2 Å². The fraction of sp³-hybridized carbons (Fsp3) is 0.533. The zero-order chi connectivity index (χ0) is 14.7. The predicted molar refractivity (Wildman–Crippen MR) is 82.9 cm³/mol. The number of carbonyl (C=O) groups excluding carboxylic acids is 1. The lowest BCUT2D eigenvalue weighted by molar-refractivity contribution is -0.135. The van der Waals surface area contributed by atoms with E-state index in [1.807, 2.05) is 19.2 Å². The van der Waals surface area contributed by atoms with Gasteiger partial charge in [-0.3, -0.25) is 4.79 Å². The van der Waals surface area contributed by atoms with E-state index in [9.17, 15) is 4.79 Å². The number of halogens is 2. The molecule has 1 saturated carbocycles. The predicted octanol–water partition coefficient (Wildman–Crippen LogP) is 3.47. The maximum absolute atomic E-state index is 12.4. The van der Waals surface area contributed by atoms with Gasteiger partial charge in [-0.05, 0) is 37.3 Å². The zero-order valence-corrected chi connectivity index (χ0v) is 13.1. The Bertz CT molecular complexity index is 485. The summed E-state index contributed by atoms with van der Waals surface area (Å²) in [5.74, 6) is 0.269. The molecule has 1 aromatic carbocycles. The molecule has 1 aromatic rings. The molecule has 0 aliphatic heterocycles. The summed E-state index contributed by atoms with van der Waals surface area (Å²) >= 11 is 12.2. The number of nitrogens with two attached hydrogens (primary N) is 1. The molecule has 1 amide bonds. The molecule has 0 bridgehead atoms. The monoisotopic (exact) mass is 314 g/mol. The van der Waals surface area contributed by atoms with Crippen molar-refractivity contribution in [1.29, 1.82) is 0 Å². The summed E-state index contributed by atoms with van der Waals surface area (Å²) in [5, 5.41) is 1.05. The highest BCUT2D eigenvalue weighted by molar-refractivity contribution is 6.42. The van der Waals surface area contributed by atoms with Crippen molar-refractivity contribution in [3.63, 3.8) is 0 Å². The minimum Gasteiger partial charge on any atom is -0.341 e. The van der Waals surface area contributed by atoms with Crippen molar-refractivity contribution in [2.45, 2.75) is 38.3 Å². The Hall–Kier alpha value is -0.770. The molecule has 2 rings (SSSR count). The molecular weight excluding hydrogens is 295 g/mol. The van der Waals surface area contributed by atoms with E-state index in [4.69, 9.17) is 28.9 Å². The topological polar surface area (TPSA) is 46.3 Å². The number of hydrogen-bond acceptors (Lipinski definition) is 2. The number of rotatable bonds is 3. The van der Waals surface area contributed by atoms with Crippen molar-refractivity contribution >= 4 is 29.1 Å². The smallest absolute Gasteiger partial charge is 0.225 e. The van der Waals surface area contributed by atoms with Gasteiger partial charge in [0.15, 0.2) is 0 Å².